The summed E-state index contributed by atoms with van der Waals surface area (Å²) in [6.45, 7) is 6.61. The van der Waals surface area contributed by atoms with E-state index in [9.17, 15) is 0 Å². The minimum atomic E-state index is -1.33. The summed E-state index contributed by atoms with van der Waals surface area (Å²) in [5, 5.41) is 1.38. The van der Waals surface area contributed by atoms with Gasteiger partial charge in [0.2, 0.25) is 0 Å². The molecule has 1 heteroatoms. The van der Waals surface area contributed by atoms with Crippen molar-refractivity contribution in [2.24, 2.45) is 0 Å². The van der Waals surface area contributed by atoms with Crippen LogP contribution in [0.5, 0.6) is 0 Å². The molecule has 0 aliphatic heterocycles. The third kappa shape index (κ3) is 10.1. The maximum atomic E-state index is 2.47. The molecular weight excluding hydrogens is 229 g/mol. The van der Waals surface area contributed by atoms with Gasteiger partial charge >= 0.3 is 92.7 Å². The number of allylic oxidation sites excluding steroid dienone is 4. The van der Waals surface area contributed by atoms with Crippen molar-refractivity contribution in [2.75, 3.05) is 0 Å². The van der Waals surface area contributed by atoms with Crippen LogP contribution >= 0.6 is 0 Å². The molecule has 0 fully saturated rings. The van der Waals surface area contributed by atoms with E-state index in [2.05, 4.69) is 50.2 Å². The average Bonchev–Trinajstić information content (AvgIpc) is 1.99. The summed E-state index contributed by atoms with van der Waals surface area (Å²) in [7, 11) is 0. The zero-order chi connectivity index (χ0) is 11.2. The molecule has 0 aromatic rings. The summed E-state index contributed by atoms with van der Waals surface area (Å²) in [4.78, 5) is 0. The first-order valence-electron chi connectivity index (χ1n) is 5.60. The second-order valence-corrected chi connectivity index (χ2v) is 17.2. The van der Waals surface area contributed by atoms with Crippen LogP contribution in [0.15, 0.2) is 23.3 Å². The van der Waals surface area contributed by atoms with E-state index >= 15 is 0 Å². The van der Waals surface area contributed by atoms with Crippen LogP contribution < -0.4 is 0 Å². The van der Waals surface area contributed by atoms with E-state index in [1.165, 1.54) is 23.7 Å². The fourth-order valence-electron chi connectivity index (χ4n) is 1.17. The van der Waals surface area contributed by atoms with Gasteiger partial charge in [-0.25, -0.2) is 0 Å². The van der Waals surface area contributed by atoms with Crippen LogP contribution in [0, 0.1) is 0 Å². The molecular formula is C13H26Ge. The Morgan fingerprint density at radius 3 is 2.00 bits per heavy atom. The van der Waals surface area contributed by atoms with E-state index in [1.54, 1.807) is 5.57 Å². The average molecular weight is 255 g/mol. The molecule has 0 N–H and O–H groups in total. The third-order valence-electron chi connectivity index (χ3n) is 2.15. The maximum absolute atomic E-state index is 2.47. The van der Waals surface area contributed by atoms with Crippen molar-refractivity contribution in [3.05, 3.63) is 23.3 Å². The summed E-state index contributed by atoms with van der Waals surface area (Å²) in [6, 6.07) is 0. The van der Waals surface area contributed by atoms with Crippen molar-refractivity contribution in [2.45, 2.75) is 56.1 Å². The number of hydrogen-bond acceptors (Lipinski definition) is 0. The number of hydrogen-bond donors (Lipinski definition) is 0. The van der Waals surface area contributed by atoms with E-state index in [-0.39, 0.29) is 0 Å². The molecule has 14 heavy (non-hydrogen) atoms. The van der Waals surface area contributed by atoms with Crippen LogP contribution in [-0.4, -0.2) is 13.3 Å². The van der Waals surface area contributed by atoms with Gasteiger partial charge in [0.1, 0.15) is 0 Å². The molecule has 0 unspecified atom stereocenters. The van der Waals surface area contributed by atoms with E-state index in [1.807, 2.05) is 0 Å². The van der Waals surface area contributed by atoms with Gasteiger partial charge in [0, 0.05) is 0 Å². The molecule has 0 saturated carbocycles. The zero-order valence-electron chi connectivity index (χ0n) is 10.8. The summed E-state index contributed by atoms with van der Waals surface area (Å²) in [5.74, 6) is 7.42. The Labute approximate surface area is 92.8 Å². The van der Waals surface area contributed by atoms with Crippen LogP contribution in [0.25, 0.3) is 0 Å². The molecule has 0 radical (unpaired) electrons. The van der Waals surface area contributed by atoms with Crippen LogP contribution in [0.1, 0.15) is 33.6 Å². The fourth-order valence-corrected chi connectivity index (χ4v) is 3.19. The van der Waals surface area contributed by atoms with Gasteiger partial charge in [0.05, 0.1) is 0 Å². The summed E-state index contributed by atoms with van der Waals surface area (Å²) in [6.07, 6.45) is 7.25. The van der Waals surface area contributed by atoms with Crippen LogP contribution in [-0.2, 0) is 0 Å². The molecule has 0 saturated heterocycles. The van der Waals surface area contributed by atoms with Gasteiger partial charge < -0.3 is 0 Å². The van der Waals surface area contributed by atoms with Gasteiger partial charge in [-0.15, -0.1) is 0 Å². The molecule has 0 aromatic carbocycles. The Bertz CT molecular complexity index is 212. The SMILES string of the molecule is CC(C)=CCC/C(C)=C/[CH2][Ge]([CH3])([CH3])[CH3]. The topological polar surface area (TPSA) is 0 Å². The molecule has 0 rings (SSSR count). The molecule has 82 valence electrons. The molecule has 0 spiro atoms. The molecule has 0 aromatic heterocycles. The molecule has 0 aliphatic rings. The second-order valence-electron chi connectivity index (χ2n) is 5.64. The van der Waals surface area contributed by atoms with Gasteiger partial charge in [-0.05, 0) is 0 Å². The minimum absolute atomic E-state index is 1.21. The van der Waals surface area contributed by atoms with Crippen LogP contribution in [0.2, 0.25) is 22.5 Å². The van der Waals surface area contributed by atoms with E-state index in [4.69, 9.17) is 0 Å². The monoisotopic (exact) mass is 256 g/mol. The van der Waals surface area contributed by atoms with Gasteiger partial charge in [-0.2, -0.15) is 0 Å². The summed E-state index contributed by atoms with van der Waals surface area (Å²) < 4.78 is 0. The summed E-state index contributed by atoms with van der Waals surface area (Å²) >= 11 is -1.33. The van der Waals surface area contributed by atoms with Crippen molar-refractivity contribution >= 4 is 13.3 Å². The standard InChI is InChI=1S/C13H26Ge/c1-12(2)8-7-9-13(3)10-11-14(4,5)6/h8,10H,7,9,11H2,1-6H3/b13-10+. The Morgan fingerprint density at radius 1 is 1.00 bits per heavy atom. The van der Waals surface area contributed by atoms with Gasteiger partial charge in [0.25, 0.3) is 0 Å². The van der Waals surface area contributed by atoms with Crippen molar-refractivity contribution in [1.29, 1.82) is 0 Å². The Hall–Kier alpha value is 0.0229. The Morgan fingerprint density at radius 2 is 1.57 bits per heavy atom. The van der Waals surface area contributed by atoms with Crippen LogP contribution in [0.3, 0.4) is 0 Å². The van der Waals surface area contributed by atoms with E-state index in [0.717, 1.165) is 0 Å². The molecule has 0 aliphatic carbocycles. The third-order valence-corrected chi connectivity index (χ3v) is 5.15. The first-order valence-corrected chi connectivity index (χ1v) is 13.4. The first-order chi connectivity index (χ1) is 6.31. The van der Waals surface area contributed by atoms with Gasteiger partial charge in [-0.3, -0.25) is 0 Å². The number of rotatable bonds is 5. The second kappa shape index (κ2) is 6.50. The van der Waals surface area contributed by atoms with Crippen molar-refractivity contribution in [3.63, 3.8) is 0 Å². The molecule has 0 heterocycles. The van der Waals surface area contributed by atoms with E-state index < -0.39 is 13.3 Å². The molecule has 0 nitrogen and oxygen atoms in total. The predicted molar refractivity (Wildman–Crippen MR) is 70.6 cm³/mol. The predicted octanol–water partition coefficient (Wildman–Crippen LogP) is 5.02. The first kappa shape index (κ1) is 14.0. The normalized spacial score (nSPS) is 12.9. The van der Waals surface area contributed by atoms with E-state index in [0.29, 0.717) is 0 Å². The zero-order valence-corrected chi connectivity index (χ0v) is 12.9. The van der Waals surface area contributed by atoms with Crippen LogP contribution in [0.4, 0.5) is 0 Å². The van der Waals surface area contributed by atoms with Crippen molar-refractivity contribution in [1.82, 2.24) is 0 Å². The van der Waals surface area contributed by atoms with Gasteiger partial charge in [0.15, 0.2) is 0 Å². The van der Waals surface area contributed by atoms with Crippen molar-refractivity contribution < 1.29 is 0 Å². The molecule has 0 bridgehead atoms. The Kier molecular flexibility index (Phi) is 6.51. The molecule has 0 amide bonds. The molecule has 0 atom stereocenters. The van der Waals surface area contributed by atoms with Crippen molar-refractivity contribution in [3.8, 4) is 0 Å². The quantitative estimate of drug-likeness (QED) is 0.478. The fraction of sp³-hybridized carbons (Fsp3) is 0.692. The van der Waals surface area contributed by atoms with Gasteiger partial charge in [-0.1, -0.05) is 0 Å². The summed E-state index contributed by atoms with van der Waals surface area (Å²) in [5.41, 5.74) is 3.01. The Balaban J connectivity index is 3.85.